The topological polar surface area (TPSA) is 62.7 Å². The zero-order chi connectivity index (χ0) is 16.7. The van der Waals surface area contributed by atoms with E-state index in [0.717, 1.165) is 21.3 Å². The van der Waals surface area contributed by atoms with Crippen LogP contribution in [0.15, 0.2) is 52.0 Å². The average molecular weight is 376 g/mol. The van der Waals surface area contributed by atoms with E-state index in [0.29, 0.717) is 5.75 Å². The minimum Gasteiger partial charge on any atom is -0.496 e. The first kappa shape index (κ1) is 17.0. The summed E-state index contributed by atoms with van der Waals surface area (Å²) < 4.78 is 6.15. The largest absolute Gasteiger partial charge is 0.496 e. The molecule has 5 nitrogen and oxygen atoms in total. The van der Waals surface area contributed by atoms with E-state index in [-0.39, 0.29) is 12.5 Å². The maximum absolute atomic E-state index is 11.8. The molecule has 0 atom stereocenters. The van der Waals surface area contributed by atoms with E-state index in [1.807, 2.05) is 49.4 Å². The van der Waals surface area contributed by atoms with Crippen molar-refractivity contribution >= 4 is 33.7 Å². The summed E-state index contributed by atoms with van der Waals surface area (Å²) >= 11 is 3.39. The maximum atomic E-state index is 11.8. The number of methoxy groups -OCH3 is 1. The molecule has 2 aromatic carbocycles. The summed E-state index contributed by atoms with van der Waals surface area (Å²) in [6.45, 7) is 2.15. The Morgan fingerprint density at radius 2 is 2.13 bits per heavy atom. The van der Waals surface area contributed by atoms with Gasteiger partial charge in [-0.1, -0.05) is 28.1 Å². The van der Waals surface area contributed by atoms with Crippen LogP contribution in [-0.2, 0) is 4.79 Å². The number of ether oxygens (including phenoxy) is 1. The Balaban J connectivity index is 1.88. The number of hydrogen-bond donors (Lipinski definition) is 2. The third kappa shape index (κ3) is 5.41. The zero-order valence-electron chi connectivity index (χ0n) is 13.0. The van der Waals surface area contributed by atoms with E-state index in [1.54, 1.807) is 13.3 Å². The molecular weight excluding hydrogens is 358 g/mol. The number of anilines is 1. The maximum Gasteiger partial charge on any atom is 0.259 e. The first-order valence-electron chi connectivity index (χ1n) is 7.04. The van der Waals surface area contributed by atoms with Crippen molar-refractivity contribution in [3.05, 3.63) is 58.1 Å². The third-order valence-corrected chi connectivity index (χ3v) is 3.55. The van der Waals surface area contributed by atoms with Crippen LogP contribution in [0.1, 0.15) is 11.1 Å². The average Bonchev–Trinajstić information content (AvgIpc) is 2.53. The van der Waals surface area contributed by atoms with Crippen LogP contribution in [0.3, 0.4) is 0 Å². The minimum absolute atomic E-state index is 0.149. The van der Waals surface area contributed by atoms with Crippen molar-refractivity contribution in [3.8, 4) is 5.75 Å². The van der Waals surface area contributed by atoms with E-state index in [2.05, 4.69) is 31.8 Å². The molecule has 1 amide bonds. The molecule has 0 aliphatic carbocycles. The van der Waals surface area contributed by atoms with E-state index in [4.69, 9.17) is 4.74 Å². The number of nitrogens with zero attached hydrogens (tertiary/aromatic N) is 1. The number of halogens is 1. The smallest absolute Gasteiger partial charge is 0.259 e. The number of hydrogen-bond acceptors (Lipinski definition) is 4. The monoisotopic (exact) mass is 375 g/mol. The molecule has 0 spiro atoms. The molecule has 0 saturated heterocycles. The van der Waals surface area contributed by atoms with Gasteiger partial charge in [-0.05, 0) is 42.8 Å². The molecular formula is C17H18BrN3O2. The highest BCUT2D eigenvalue weighted by atomic mass is 79.9. The second kappa shape index (κ2) is 8.33. The van der Waals surface area contributed by atoms with Gasteiger partial charge in [0, 0.05) is 15.7 Å². The molecule has 0 heterocycles. The Kier molecular flexibility index (Phi) is 6.17. The van der Waals surface area contributed by atoms with Gasteiger partial charge >= 0.3 is 0 Å². The minimum atomic E-state index is -0.225. The Morgan fingerprint density at radius 3 is 2.87 bits per heavy atom. The molecule has 0 aliphatic rings. The van der Waals surface area contributed by atoms with E-state index in [9.17, 15) is 4.79 Å². The lowest BCUT2D eigenvalue weighted by molar-refractivity contribution is -0.119. The highest BCUT2D eigenvalue weighted by molar-refractivity contribution is 9.10. The van der Waals surface area contributed by atoms with Gasteiger partial charge in [0.2, 0.25) is 0 Å². The van der Waals surface area contributed by atoms with Crippen LogP contribution < -0.4 is 15.5 Å². The standard InChI is InChI=1S/C17H18BrN3O2/c1-12-4-3-5-15(8-12)19-11-17(22)21-20-10-13-9-14(18)6-7-16(13)23-2/h3-10,19H,11H2,1-2H3,(H,21,22). The molecule has 2 aromatic rings. The molecule has 2 N–H and O–H groups in total. The number of carbonyl (C=O) groups excluding carboxylic acids is 1. The van der Waals surface area contributed by atoms with Gasteiger partial charge in [0.05, 0.1) is 19.9 Å². The van der Waals surface area contributed by atoms with Crippen molar-refractivity contribution in [1.29, 1.82) is 0 Å². The highest BCUT2D eigenvalue weighted by Crippen LogP contribution is 2.21. The van der Waals surface area contributed by atoms with Gasteiger partial charge in [0.15, 0.2) is 0 Å². The van der Waals surface area contributed by atoms with Crippen molar-refractivity contribution in [1.82, 2.24) is 5.43 Å². The number of carbonyl (C=O) groups is 1. The highest BCUT2D eigenvalue weighted by Gasteiger charge is 2.02. The first-order valence-corrected chi connectivity index (χ1v) is 7.84. The van der Waals surface area contributed by atoms with Crippen LogP contribution in [-0.4, -0.2) is 25.8 Å². The summed E-state index contributed by atoms with van der Waals surface area (Å²) in [5.74, 6) is 0.459. The Labute approximate surface area is 143 Å². The van der Waals surface area contributed by atoms with Gasteiger partial charge in [0.1, 0.15) is 5.75 Å². The molecule has 0 fully saturated rings. The van der Waals surface area contributed by atoms with E-state index in [1.165, 1.54) is 0 Å². The summed E-state index contributed by atoms with van der Waals surface area (Å²) in [4.78, 5) is 11.8. The molecule has 120 valence electrons. The van der Waals surface area contributed by atoms with Crippen LogP contribution in [0.4, 0.5) is 5.69 Å². The fourth-order valence-electron chi connectivity index (χ4n) is 1.96. The molecule has 0 saturated carbocycles. The van der Waals surface area contributed by atoms with Gasteiger partial charge in [-0.15, -0.1) is 0 Å². The number of benzene rings is 2. The second-order valence-electron chi connectivity index (χ2n) is 4.90. The van der Waals surface area contributed by atoms with Crippen LogP contribution in [0.5, 0.6) is 5.75 Å². The summed E-state index contributed by atoms with van der Waals surface area (Å²) in [5, 5.41) is 7.00. The number of hydrazone groups is 1. The van der Waals surface area contributed by atoms with Gasteiger partial charge in [-0.3, -0.25) is 4.79 Å². The molecule has 0 bridgehead atoms. The molecule has 0 aromatic heterocycles. The van der Waals surface area contributed by atoms with Crippen molar-refractivity contribution in [2.24, 2.45) is 5.10 Å². The second-order valence-corrected chi connectivity index (χ2v) is 5.82. The lowest BCUT2D eigenvalue weighted by Gasteiger charge is -2.06. The number of aryl methyl sites for hydroxylation is 1. The Hall–Kier alpha value is -2.34. The van der Waals surface area contributed by atoms with Crippen LogP contribution >= 0.6 is 15.9 Å². The molecule has 0 unspecified atom stereocenters. The summed E-state index contributed by atoms with van der Waals surface area (Å²) in [5.41, 5.74) is 5.29. The molecule has 6 heteroatoms. The van der Waals surface area contributed by atoms with Crippen LogP contribution in [0.2, 0.25) is 0 Å². The summed E-state index contributed by atoms with van der Waals surface area (Å²) in [6, 6.07) is 13.4. The normalized spacial score (nSPS) is 10.6. The number of rotatable bonds is 6. The number of amides is 1. The lowest BCUT2D eigenvalue weighted by Crippen LogP contribution is -2.25. The summed E-state index contributed by atoms with van der Waals surface area (Å²) in [6.07, 6.45) is 1.55. The number of nitrogens with one attached hydrogen (secondary N) is 2. The fourth-order valence-corrected chi connectivity index (χ4v) is 2.34. The first-order chi connectivity index (χ1) is 11.1. The van der Waals surface area contributed by atoms with Crippen molar-refractivity contribution < 1.29 is 9.53 Å². The fraction of sp³-hybridized carbons (Fsp3) is 0.176. The van der Waals surface area contributed by atoms with Crippen molar-refractivity contribution in [3.63, 3.8) is 0 Å². The van der Waals surface area contributed by atoms with Gasteiger partial charge in [0.25, 0.3) is 5.91 Å². The van der Waals surface area contributed by atoms with Crippen LogP contribution in [0.25, 0.3) is 0 Å². The van der Waals surface area contributed by atoms with Gasteiger partial charge < -0.3 is 10.1 Å². The third-order valence-electron chi connectivity index (χ3n) is 3.06. The molecule has 2 rings (SSSR count). The van der Waals surface area contributed by atoms with Gasteiger partial charge in [-0.25, -0.2) is 5.43 Å². The van der Waals surface area contributed by atoms with Gasteiger partial charge in [-0.2, -0.15) is 5.10 Å². The van der Waals surface area contributed by atoms with Crippen molar-refractivity contribution in [2.75, 3.05) is 19.0 Å². The summed E-state index contributed by atoms with van der Waals surface area (Å²) in [7, 11) is 1.59. The molecule has 23 heavy (non-hydrogen) atoms. The van der Waals surface area contributed by atoms with E-state index >= 15 is 0 Å². The molecule has 0 radical (unpaired) electrons. The molecule has 0 aliphatic heterocycles. The van der Waals surface area contributed by atoms with E-state index < -0.39 is 0 Å². The van der Waals surface area contributed by atoms with Crippen LogP contribution in [0, 0.1) is 6.92 Å². The predicted molar refractivity (Wildman–Crippen MR) is 96.1 cm³/mol. The Bertz CT molecular complexity index is 717. The SMILES string of the molecule is COc1ccc(Br)cc1C=NNC(=O)CNc1cccc(C)c1. The zero-order valence-corrected chi connectivity index (χ0v) is 14.6. The predicted octanol–water partition coefficient (Wildman–Crippen LogP) is 3.33. The van der Waals surface area contributed by atoms with Crippen molar-refractivity contribution in [2.45, 2.75) is 6.92 Å². The quantitative estimate of drug-likeness (QED) is 0.601. The lowest BCUT2D eigenvalue weighted by atomic mass is 10.2. The Morgan fingerprint density at radius 1 is 1.30 bits per heavy atom.